The Bertz CT molecular complexity index is 689. The highest BCUT2D eigenvalue weighted by Gasteiger charge is 2.17. The van der Waals surface area contributed by atoms with Gasteiger partial charge in [-0.3, -0.25) is 4.57 Å². The van der Waals surface area contributed by atoms with E-state index in [9.17, 15) is 13.6 Å². The van der Waals surface area contributed by atoms with E-state index in [4.69, 9.17) is 5.11 Å². The molecule has 0 fully saturated rings. The second-order valence-corrected chi connectivity index (χ2v) is 4.21. The van der Waals surface area contributed by atoms with E-state index in [2.05, 4.69) is 4.74 Å². The molecule has 20 heavy (non-hydrogen) atoms. The first-order chi connectivity index (χ1) is 9.45. The van der Waals surface area contributed by atoms with Crippen LogP contribution in [0, 0.1) is 6.92 Å². The molecular formula is C14H13F2NO3. The summed E-state index contributed by atoms with van der Waals surface area (Å²) in [6, 6.07) is 2.99. The minimum Gasteiger partial charge on any atom is -0.464 e. The van der Waals surface area contributed by atoms with Crippen molar-refractivity contribution < 1.29 is 23.4 Å². The molecule has 0 unspecified atom stereocenters. The van der Waals surface area contributed by atoms with Crippen LogP contribution >= 0.6 is 0 Å². The Labute approximate surface area is 113 Å². The Morgan fingerprint density at radius 3 is 2.75 bits per heavy atom. The van der Waals surface area contributed by atoms with Crippen molar-refractivity contribution in [2.45, 2.75) is 20.5 Å². The number of aromatic nitrogens is 1. The summed E-state index contributed by atoms with van der Waals surface area (Å²) in [5, 5.41) is 9.68. The molecule has 1 aromatic carbocycles. The average Bonchev–Trinajstić information content (AvgIpc) is 2.78. The zero-order chi connectivity index (χ0) is 14.9. The van der Waals surface area contributed by atoms with Crippen LogP contribution < -0.4 is 4.74 Å². The van der Waals surface area contributed by atoms with Crippen molar-refractivity contribution in [3.05, 3.63) is 35.5 Å². The number of hydrogen-bond acceptors (Lipinski definition) is 2. The third-order valence-corrected chi connectivity index (χ3v) is 2.92. The molecule has 2 aromatic rings. The van der Waals surface area contributed by atoms with E-state index >= 15 is 0 Å². The largest absolute Gasteiger partial charge is 0.464 e. The SMILES string of the molecule is CC=Cc1c(OC(F)F)cc(C)c2c1ccn2C(=O)O. The Kier molecular flexibility index (Phi) is 3.74. The van der Waals surface area contributed by atoms with Crippen molar-refractivity contribution >= 4 is 23.1 Å². The van der Waals surface area contributed by atoms with Gasteiger partial charge in [0.05, 0.1) is 5.52 Å². The number of fused-ring (bicyclic) bond motifs is 1. The van der Waals surface area contributed by atoms with E-state index in [1.807, 2.05) is 0 Å². The van der Waals surface area contributed by atoms with Gasteiger partial charge in [0.1, 0.15) is 5.75 Å². The van der Waals surface area contributed by atoms with Crippen LogP contribution in [0.1, 0.15) is 18.1 Å². The molecule has 0 atom stereocenters. The topological polar surface area (TPSA) is 51.5 Å². The fraction of sp³-hybridized carbons (Fsp3) is 0.214. The third-order valence-electron chi connectivity index (χ3n) is 2.92. The Morgan fingerprint density at radius 2 is 2.20 bits per heavy atom. The summed E-state index contributed by atoms with van der Waals surface area (Å²) in [4.78, 5) is 11.2. The molecule has 1 N–H and O–H groups in total. The van der Waals surface area contributed by atoms with Crippen molar-refractivity contribution in [2.75, 3.05) is 0 Å². The molecule has 4 nitrogen and oxygen atoms in total. The maximum Gasteiger partial charge on any atom is 0.416 e. The van der Waals surface area contributed by atoms with Gasteiger partial charge in [0.2, 0.25) is 0 Å². The van der Waals surface area contributed by atoms with Gasteiger partial charge in [-0.2, -0.15) is 8.78 Å². The number of hydrogen-bond donors (Lipinski definition) is 1. The molecule has 0 amide bonds. The summed E-state index contributed by atoms with van der Waals surface area (Å²) >= 11 is 0. The van der Waals surface area contributed by atoms with Crippen LogP contribution in [0.4, 0.5) is 13.6 Å². The van der Waals surface area contributed by atoms with Gasteiger partial charge in [0.25, 0.3) is 0 Å². The van der Waals surface area contributed by atoms with E-state index in [0.29, 0.717) is 22.0 Å². The van der Waals surface area contributed by atoms with Crippen molar-refractivity contribution in [1.82, 2.24) is 4.57 Å². The molecule has 106 valence electrons. The maximum atomic E-state index is 12.5. The first kappa shape index (κ1) is 14.0. The van der Waals surface area contributed by atoms with Crippen LogP contribution in [-0.2, 0) is 0 Å². The molecule has 0 saturated heterocycles. The smallest absolute Gasteiger partial charge is 0.416 e. The minimum atomic E-state index is -2.93. The van der Waals surface area contributed by atoms with E-state index in [1.165, 1.54) is 12.3 Å². The zero-order valence-electron chi connectivity index (χ0n) is 10.9. The lowest BCUT2D eigenvalue weighted by Crippen LogP contribution is -2.08. The number of alkyl halides is 2. The third kappa shape index (κ3) is 2.36. The molecule has 0 saturated carbocycles. The van der Waals surface area contributed by atoms with Crippen molar-refractivity contribution in [2.24, 2.45) is 0 Å². The number of halogens is 2. The monoisotopic (exact) mass is 281 g/mol. The molecule has 0 radical (unpaired) electrons. The first-order valence-corrected chi connectivity index (χ1v) is 5.91. The van der Waals surface area contributed by atoms with Gasteiger partial charge < -0.3 is 9.84 Å². The van der Waals surface area contributed by atoms with Crippen LogP contribution in [0.2, 0.25) is 0 Å². The van der Waals surface area contributed by atoms with Crippen molar-refractivity contribution in [1.29, 1.82) is 0 Å². The maximum absolute atomic E-state index is 12.5. The normalized spacial score (nSPS) is 11.7. The molecule has 2 rings (SSSR count). The van der Waals surface area contributed by atoms with E-state index in [-0.39, 0.29) is 5.75 Å². The average molecular weight is 281 g/mol. The summed E-state index contributed by atoms with van der Waals surface area (Å²) in [6.07, 6.45) is 3.56. The highest BCUT2D eigenvalue weighted by molar-refractivity contribution is 5.98. The summed E-state index contributed by atoms with van der Waals surface area (Å²) in [6.45, 7) is 0.461. The van der Waals surface area contributed by atoms with Crippen LogP contribution in [0.5, 0.6) is 5.75 Å². The van der Waals surface area contributed by atoms with E-state index in [0.717, 1.165) is 4.57 Å². The standard InChI is InChI=1S/C14H13F2NO3/c1-3-4-9-10-5-6-17(14(18)19)12(10)8(2)7-11(9)20-13(15)16/h3-7,13H,1-2H3,(H,18,19). The Hall–Kier alpha value is -2.37. The highest BCUT2D eigenvalue weighted by atomic mass is 19.3. The van der Waals surface area contributed by atoms with Gasteiger partial charge in [-0.1, -0.05) is 12.2 Å². The van der Waals surface area contributed by atoms with Crippen LogP contribution in [0.25, 0.3) is 17.0 Å². The molecule has 6 heteroatoms. The highest BCUT2D eigenvalue weighted by Crippen LogP contribution is 2.34. The number of rotatable bonds is 3. The van der Waals surface area contributed by atoms with E-state index < -0.39 is 12.7 Å². The van der Waals surface area contributed by atoms with Gasteiger partial charge in [-0.25, -0.2) is 4.79 Å². The van der Waals surface area contributed by atoms with E-state index in [1.54, 1.807) is 32.1 Å². The summed E-state index contributed by atoms with van der Waals surface area (Å²) in [7, 11) is 0. The fourth-order valence-corrected chi connectivity index (χ4v) is 2.22. The number of allylic oxidation sites excluding steroid dienone is 1. The predicted octanol–water partition coefficient (Wildman–Crippen LogP) is 4.11. The lowest BCUT2D eigenvalue weighted by atomic mass is 10.0. The summed E-state index contributed by atoms with van der Waals surface area (Å²) in [5.74, 6) is 0.0336. The number of carbonyl (C=O) groups is 1. The van der Waals surface area contributed by atoms with Gasteiger partial charge in [-0.15, -0.1) is 0 Å². The zero-order valence-corrected chi connectivity index (χ0v) is 10.9. The second kappa shape index (κ2) is 5.32. The molecule has 1 heterocycles. The number of ether oxygens (including phenoxy) is 1. The van der Waals surface area contributed by atoms with Crippen LogP contribution in [-0.4, -0.2) is 22.4 Å². The minimum absolute atomic E-state index is 0.0336. The number of carboxylic acid groups (broad SMARTS) is 1. The fourth-order valence-electron chi connectivity index (χ4n) is 2.22. The second-order valence-electron chi connectivity index (χ2n) is 4.21. The lowest BCUT2D eigenvalue weighted by molar-refractivity contribution is -0.0499. The predicted molar refractivity (Wildman–Crippen MR) is 71.4 cm³/mol. The molecular weight excluding hydrogens is 268 g/mol. The van der Waals surface area contributed by atoms with Gasteiger partial charge in [0.15, 0.2) is 0 Å². The summed E-state index contributed by atoms with van der Waals surface area (Å²) in [5.41, 5.74) is 1.46. The number of nitrogens with zero attached hydrogens (tertiary/aromatic N) is 1. The number of aryl methyl sites for hydroxylation is 1. The summed E-state index contributed by atoms with van der Waals surface area (Å²) < 4.78 is 30.5. The van der Waals surface area contributed by atoms with Crippen LogP contribution in [0.3, 0.4) is 0 Å². The van der Waals surface area contributed by atoms with Crippen LogP contribution in [0.15, 0.2) is 24.4 Å². The van der Waals surface area contributed by atoms with Gasteiger partial charge in [0, 0.05) is 17.1 Å². The van der Waals surface area contributed by atoms with Crippen molar-refractivity contribution in [3.63, 3.8) is 0 Å². The molecule has 0 bridgehead atoms. The molecule has 0 aliphatic carbocycles. The molecule has 0 aliphatic rings. The van der Waals surface area contributed by atoms with Gasteiger partial charge >= 0.3 is 12.7 Å². The Morgan fingerprint density at radius 1 is 1.50 bits per heavy atom. The number of benzene rings is 1. The first-order valence-electron chi connectivity index (χ1n) is 5.91. The molecule has 0 aliphatic heterocycles. The molecule has 0 spiro atoms. The lowest BCUT2D eigenvalue weighted by Gasteiger charge is -2.12. The molecule has 1 aromatic heterocycles. The van der Waals surface area contributed by atoms with Crippen molar-refractivity contribution in [3.8, 4) is 5.75 Å². The Balaban J connectivity index is 2.78. The van der Waals surface area contributed by atoms with Gasteiger partial charge in [-0.05, 0) is 31.5 Å². The quantitative estimate of drug-likeness (QED) is 0.921.